The normalized spacial score (nSPS) is 12.1. The summed E-state index contributed by atoms with van der Waals surface area (Å²) < 4.78 is 8.91. The molecule has 0 atom stereocenters. The van der Waals surface area contributed by atoms with E-state index in [9.17, 15) is 0 Å². The highest BCUT2D eigenvalue weighted by atomic mass is 16.5. The van der Waals surface area contributed by atoms with E-state index in [1.54, 1.807) is 0 Å². The first-order valence-electron chi connectivity index (χ1n) is 21.0. The molecule has 0 fully saturated rings. The van der Waals surface area contributed by atoms with Crippen molar-refractivity contribution in [1.82, 2.24) is 4.57 Å². The Kier molecular flexibility index (Phi) is 11.0. The van der Waals surface area contributed by atoms with Crippen molar-refractivity contribution < 1.29 is 4.74 Å². The Bertz CT molecular complexity index is 3080. The third-order valence-electron chi connectivity index (χ3n) is 11.5. The summed E-state index contributed by atoms with van der Waals surface area (Å²) >= 11 is 0. The number of ether oxygens (including phenoxy) is 1. The summed E-state index contributed by atoms with van der Waals surface area (Å²) in [5, 5.41) is 2.42. The molecule has 0 aliphatic rings. The van der Waals surface area contributed by atoms with Crippen LogP contribution < -0.4 is 9.64 Å². The zero-order valence-corrected chi connectivity index (χ0v) is 35.1. The zero-order chi connectivity index (χ0) is 41.7. The van der Waals surface area contributed by atoms with Crippen LogP contribution in [0.1, 0.15) is 36.1 Å². The smallest absolute Gasteiger partial charge is 0.132 e. The molecule has 0 spiro atoms. The molecule has 0 bridgehead atoms. The number of hydrogen-bond donors (Lipinski definition) is 0. The molecule has 0 aliphatic carbocycles. The minimum absolute atomic E-state index is 0.847. The van der Waals surface area contributed by atoms with E-state index in [4.69, 9.17) is 4.74 Å². The molecule has 0 aliphatic heterocycles. The number of anilines is 3. The van der Waals surface area contributed by atoms with Crippen LogP contribution in [-0.2, 0) is 0 Å². The molecule has 61 heavy (non-hydrogen) atoms. The number of allylic oxidation sites excluding steroid dienone is 6. The lowest BCUT2D eigenvalue weighted by molar-refractivity contribution is 0.475. The Balaban J connectivity index is 1.10. The van der Waals surface area contributed by atoms with Crippen molar-refractivity contribution in [3.8, 4) is 28.3 Å². The van der Waals surface area contributed by atoms with Crippen LogP contribution in [-0.4, -0.2) is 4.57 Å². The molecule has 8 aromatic carbocycles. The highest BCUT2D eigenvalue weighted by molar-refractivity contribution is 6.16. The lowest BCUT2D eigenvalue weighted by atomic mass is 9.98. The number of hydrogen-bond acceptors (Lipinski definition) is 2. The second-order valence-electron chi connectivity index (χ2n) is 15.3. The van der Waals surface area contributed by atoms with Crippen LogP contribution in [0.5, 0.6) is 11.5 Å². The molecular weight excluding hydrogens is 741 g/mol. The molecule has 9 rings (SSSR count). The summed E-state index contributed by atoms with van der Waals surface area (Å²) in [4.78, 5) is 2.34. The molecule has 0 amide bonds. The number of para-hydroxylation sites is 3. The van der Waals surface area contributed by atoms with E-state index in [1.807, 2.05) is 18.2 Å². The van der Waals surface area contributed by atoms with E-state index in [0.717, 1.165) is 62.0 Å². The Morgan fingerprint density at radius 3 is 1.80 bits per heavy atom. The Morgan fingerprint density at radius 1 is 0.475 bits per heavy atom. The lowest BCUT2D eigenvalue weighted by Crippen LogP contribution is -2.10. The zero-order valence-electron chi connectivity index (χ0n) is 35.1. The summed E-state index contributed by atoms with van der Waals surface area (Å²) in [7, 11) is 0. The van der Waals surface area contributed by atoms with Gasteiger partial charge in [0.25, 0.3) is 0 Å². The van der Waals surface area contributed by atoms with Gasteiger partial charge in [-0.05, 0) is 133 Å². The molecule has 9 aromatic rings. The van der Waals surface area contributed by atoms with Crippen LogP contribution in [0.3, 0.4) is 0 Å². The van der Waals surface area contributed by atoms with Crippen molar-refractivity contribution in [3.63, 3.8) is 0 Å². The molecule has 0 N–H and O–H groups in total. The van der Waals surface area contributed by atoms with Gasteiger partial charge in [-0.2, -0.15) is 0 Å². The molecule has 0 radical (unpaired) electrons. The number of fused-ring (bicyclic) bond motifs is 3. The van der Waals surface area contributed by atoms with Crippen molar-refractivity contribution in [2.24, 2.45) is 0 Å². The maximum absolute atomic E-state index is 6.54. The lowest BCUT2D eigenvalue weighted by Gasteiger charge is -2.26. The average Bonchev–Trinajstić information content (AvgIpc) is 3.65. The van der Waals surface area contributed by atoms with Gasteiger partial charge >= 0.3 is 0 Å². The number of benzene rings is 8. The van der Waals surface area contributed by atoms with Gasteiger partial charge in [0.2, 0.25) is 0 Å². The highest BCUT2D eigenvalue weighted by Gasteiger charge is 2.19. The van der Waals surface area contributed by atoms with Gasteiger partial charge in [0.1, 0.15) is 11.5 Å². The van der Waals surface area contributed by atoms with Gasteiger partial charge in [0, 0.05) is 39.6 Å². The van der Waals surface area contributed by atoms with Gasteiger partial charge in [-0.1, -0.05) is 152 Å². The predicted molar refractivity (Wildman–Crippen MR) is 260 cm³/mol. The molecule has 0 unspecified atom stereocenters. The van der Waals surface area contributed by atoms with Gasteiger partial charge in [0.05, 0.1) is 11.0 Å². The number of nitrogens with zero attached hydrogens (tertiary/aromatic N) is 2. The minimum Gasteiger partial charge on any atom is -0.457 e. The monoisotopic (exact) mass is 788 g/mol. The van der Waals surface area contributed by atoms with E-state index in [1.165, 1.54) is 38.6 Å². The standard InChI is InChI=1S/C58H48N2O/c1-5-43(45-20-9-7-10-21-45)32-33-44(6-2)46-34-37-49(38-35-46)59(48-23-11-8-12-24-48)50-25-17-22-47(39-50)52-27-18-29-55-58(52)53-26-14-15-28-54(53)60(55)51-36-31-42(4)57(40-51)61-56-30-16-13-19-41(56)3/h5-40H,1-4H3/b33-32-,43-5+,44-6+. The fourth-order valence-electron chi connectivity index (χ4n) is 8.33. The van der Waals surface area contributed by atoms with E-state index >= 15 is 0 Å². The quantitative estimate of drug-likeness (QED) is 0.121. The second kappa shape index (κ2) is 17.3. The predicted octanol–water partition coefficient (Wildman–Crippen LogP) is 16.4. The van der Waals surface area contributed by atoms with Crippen LogP contribution in [0.4, 0.5) is 17.1 Å². The summed E-state index contributed by atoms with van der Waals surface area (Å²) in [6.07, 6.45) is 8.76. The van der Waals surface area contributed by atoms with Crippen molar-refractivity contribution in [2.75, 3.05) is 4.90 Å². The minimum atomic E-state index is 0.847. The van der Waals surface area contributed by atoms with Gasteiger partial charge in [-0.15, -0.1) is 0 Å². The molecule has 1 aromatic heterocycles. The molecule has 0 saturated carbocycles. The van der Waals surface area contributed by atoms with Gasteiger partial charge < -0.3 is 14.2 Å². The van der Waals surface area contributed by atoms with E-state index in [2.05, 4.69) is 237 Å². The number of aromatic nitrogens is 1. The third kappa shape index (κ3) is 7.82. The first-order chi connectivity index (χ1) is 30.0. The fourth-order valence-corrected chi connectivity index (χ4v) is 8.33. The van der Waals surface area contributed by atoms with Crippen molar-refractivity contribution in [2.45, 2.75) is 27.7 Å². The Morgan fingerprint density at radius 2 is 1.07 bits per heavy atom. The largest absolute Gasteiger partial charge is 0.457 e. The van der Waals surface area contributed by atoms with E-state index in [0.29, 0.717) is 0 Å². The first kappa shape index (κ1) is 38.9. The SMILES string of the molecule is C\C=C(/C=C\C(=C/C)c1ccc(N(c2ccccc2)c2cccc(-c3cccc4c3c3ccccc3n4-c3ccc(C)c(Oc4ccccc4C)c3)c2)cc1)c1ccccc1. The molecule has 296 valence electrons. The molecule has 3 heteroatoms. The molecular formula is C58H48N2O. The van der Waals surface area contributed by atoms with Crippen LogP contribution in [0.15, 0.2) is 218 Å². The van der Waals surface area contributed by atoms with Gasteiger partial charge in [-0.3, -0.25) is 0 Å². The molecule has 0 saturated heterocycles. The Labute approximate surface area is 359 Å². The van der Waals surface area contributed by atoms with E-state index < -0.39 is 0 Å². The average molecular weight is 789 g/mol. The Hall–Kier alpha value is -7.62. The van der Waals surface area contributed by atoms with Crippen LogP contribution in [0.2, 0.25) is 0 Å². The summed E-state index contributed by atoms with van der Waals surface area (Å²) in [6.45, 7) is 8.38. The topological polar surface area (TPSA) is 17.4 Å². The fraction of sp³-hybridized carbons (Fsp3) is 0.0690. The highest BCUT2D eigenvalue weighted by Crippen LogP contribution is 2.42. The first-order valence-corrected chi connectivity index (χ1v) is 21.0. The van der Waals surface area contributed by atoms with Crippen molar-refractivity contribution >= 4 is 50.0 Å². The summed E-state index contributed by atoms with van der Waals surface area (Å²) in [5.74, 6) is 1.71. The third-order valence-corrected chi connectivity index (χ3v) is 11.5. The van der Waals surface area contributed by atoms with Crippen molar-refractivity contribution in [1.29, 1.82) is 0 Å². The summed E-state index contributed by atoms with van der Waals surface area (Å²) in [5.41, 5.74) is 15.9. The van der Waals surface area contributed by atoms with Gasteiger partial charge in [0.15, 0.2) is 0 Å². The molecule has 1 heterocycles. The van der Waals surface area contributed by atoms with Crippen LogP contribution in [0, 0.1) is 13.8 Å². The number of aryl methyl sites for hydroxylation is 2. The second-order valence-corrected chi connectivity index (χ2v) is 15.3. The maximum atomic E-state index is 6.54. The number of rotatable bonds is 11. The van der Waals surface area contributed by atoms with Gasteiger partial charge in [-0.25, -0.2) is 0 Å². The summed E-state index contributed by atoms with van der Waals surface area (Å²) in [6, 6.07) is 69.1. The van der Waals surface area contributed by atoms with Crippen LogP contribution >= 0.6 is 0 Å². The maximum Gasteiger partial charge on any atom is 0.132 e. The van der Waals surface area contributed by atoms with E-state index in [-0.39, 0.29) is 0 Å². The van der Waals surface area contributed by atoms with Crippen molar-refractivity contribution in [3.05, 3.63) is 241 Å². The molecule has 3 nitrogen and oxygen atoms in total. The van der Waals surface area contributed by atoms with Crippen LogP contribution in [0.25, 0.3) is 49.8 Å².